The molecule has 3 rings (SSSR count). The van der Waals surface area contributed by atoms with Crippen LogP contribution in [0, 0.1) is 11.3 Å². The number of hydrogen-bond acceptors (Lipinski definition) is 6. The van der Waals surface area contributed by atoms with Gasteiger partial charge in [0.15, 0.2) is 11.0 Å². The Morgan fingerprint density at radius 2 is 2.03 bits per heavy atom. The lowest BCUT2D eigenvalue weighted by Gasteiger charge is -2.13. The Hall–Kier alpha value is -3.31. The zero-order chi connectivity index (χ0) is 20.8. The number of thioether (sulfide) groups is 1. The fourth-order valence-electron chi connectivity index (χ4n) is 2.74. The number of rotatable bonds is 7. The number of nitrogens with one attached hydrogen (secondary N) is 1. The number of aromatic nitrogens is 3. The molecular formula is C21H21N5O2S. The molecule has 1 heterocycles. The summed E-state index contributed by atoms with van der Waals surface area (Å²) in [4.78, 5) is 12.6. The molecule has 0 aliphatic rings. The Bertz CT molecular complexity index is 1040. The summed E-state index contributed by atoms with van der Waals surface area (Å²) in [6, 6.07) is 16.5. The number of carbonyl (C=O) groups excluding carboxylic acids is 1. The third-order valence-corrected chi connectivity index (χ3v) is 5.37. The number of hydrogen-bond donors (Lipinski definition) is 1. The molecule has 148 valence electrons. The van der Waals surface area contributed by atoms with Crippen LogP contribution in [0.1, 0.15) is 19.4 Å². The van der Waals surface area contributed by atoms with Crippen LogP contribution in [0.25, 0.3) is 11.4 Å². The average molecular weight is 407 g/mol. The molecule has 0 radical (unpaired) electrons. The van der Waals surface area contributed by atoms with Gasteiger partial charge in [0.25, 0.3) is 0 Å². The number of amides is 1. The first-order valence-corrected chi connectivity index (χ1v) is 9.99. The van der Waals surface area contributed by atoms with Crippen molar-refractivity contribution in [1.29, 1.82) is 5.26 Å². The second kappa shape index (κ2) is 9.26. The molecule has 0 aliphatic heterocycles. The maximum Gasteiger partial charge on any atom is 0.237 e. The van der Waals surface area contributed by atoms with Crippen molar-refractivity contribution in [3.05, 3.63) is 54.1 Å². The minimum Gasteiger partial charge on any atom is -0.497 e. The molecule has 3 aromatic rings. The summed E-state index contributed by atoms with van der Waals surface area (Å²) < 4.78 is 7.18. The normalized spacial score (nSPS) is 11.5. The lowest BCUT2D eigenvalue weighted by Crippen LogP contribution is -2.23. The van der Waals surface area contributed by atoms with Crippen LogP contribution in [0.15, 0.2) is 53.7 Å². The summed E-state index contributed by atoms with van der Waals surface area (Å²) in [6.45, 7) is 4.50. The fraction of sp³-hybridized carbons (Fsp3) is 0.238. The quantitative estimate of drug-likeness (QED) is 0.596. The van der Waals surface area contributed by atoms with E-state index in [0.29, 0.717) is 23.0 Å². The smallest absolute Gasteiger partial charge is 0.237 e. The molecular weight excluding hydrogens is 386 g/mol. The molecule has 1 amide bonds. The predicted octanol–water partition coefficient (Wildman–Crippen LogP) is 3.96. The monoisotopic (exact) mass is 407 g/mol. The molecule has 8 heteroatoms. The minimum absolute atomic E-state index is 0.165. The lowest BCUT2D eigenvalue weighted by atomic mass is 10.2. The van der Waals surface area contributed by atoms with Gasteiger partial charge in [-0.2, -0.15) is 5.26 Å². The van der Waals surface area contributed by atoms with Crippen LogP contribution >= 0.6 is 11.8 Å². The SMILES string of the molecule is CCn1c(SC(C)C(=O)Nc2cccc(C#N)c2)nnc1-c1ccc(OC)cc1. The van der Waals surface area contributed by atoms with Gasteiger partial charge in [0, 0.05) is 17.8 Å². The van der Waals surface area contributed by atoms with Crippen LogP contribution in [0.5, 0.6) is 5.75 Å². The molecule has 0 bridgehead atoms. The molecule has 7 nitrogen and oxygen atoms in total. The van der Waals surface area contributed by atoms with Crippen LogP contribution in [-0.2, 0) is 11.3 Å². The van der Waals surface area contributed by atoms with E-state index in [2.05, 4.69) is 21.6 Å². The van der Waals surface area contributed by atoms with E-state index in [-0.39, 0.29) is 11.2 Å². The van der Waals surface area contributed by atoms with Crippen molar-refractivity contribution < 1.29 is 9.53 Å². The number of carbonyl (C=O) groups is 1. The molecule has 0 aliphatic carbocycles. The van der Waals surface area contributed by atoms with E-state index in [0.717, 1.165) is 17.1 Å². The second-order valence-electron chi connectivity index (χ2n) is 6.22. The molecule has 2 aromatic carbocycles. The van der Waals surface area contributed by atoms with Crippen molar-refractivity contribution in [3.63, 3.8) is 0 Å². The van der Waals surface area contributed by atoms with Crippen LogP contribution in [0.3, 0.4) is 0 Å². The first-order valence-electron chi connectivity index (χ1n) is 9.11. The average Bonchev–Trinajstić information content (AvgIpc) is 3.16. The molecule has 1 N–H and O–H groups in total. The Kier molecular flexibility index (Phi) is 6.52. The van der Waals surface area contributed by atoms with Crippen molar-refractivity contribution in [2.24, 2.45) is 0 Å². The molecule has 0 spiro atoms. The van der Waals surface area contributed by atoms with E-state index in [1.165, 1.54) is 11.8 Å². The highest BCUT2D eigenvalue weighted by Gasteiger charge is 2.20. The van der Waals surface area contributed by atoms with Gasteiger partial charge in [-0.15, -0.1) is 10.2 Å². The highest BCUT2D eigenvalue weighted by atomic mass is 32.2. The fourth-order valence-corrected chi connectivity index (χ4v) is 3.65. The number of nitriles is 1. The predicted molar refractivity (Wildman–Crippen MR) is 113 cm³/mol. The van der Waals surface area contributed by atoms with Crippen LogP contribution < -0.4 is 10.1 Å². The van der Waals surface area contributed by atoms with Crippen molar-refractivity contribution in [2.45, 2.75) is 30.8 Å². The summed E-state index contributed by atoms with van der Waals surface area (Å²) in [5.74, 6) is 1.35. The third-order valence-electron chi connectivity index (χ3n) is 4.29. The standard InChI is InChI=1S/C21H21N5O2S/c1-4-26-19(16-8-10-18(28-3)11-9-16)24-25-21(26)29-14(2)20(27)23-17-7-5-6-15(12-17)13-22/h5-12,14H,4H2,1-3H3,(H,23,27). The number of anilines is 1. The summed E-state index contributed by atoms with van der Waals surface area (Å²) in [7, 11) is 1.63. The Morgan fingerprint density at radius 1 is 1.28 bits per heavy atom. The number of nitrogens with zero attached hydrogens (tertiary/aromatic N) is 4. The zero-order valence-electron chi connectivity index (χ0n) is 16.4. The van der Waals surface area contributed by atoms with Crippen LogP contribution in [0.2, 0.25) is 0 Å². The topological polar surface area (TPSA) is 92.8 Å². The van der Waals surface area contributed by atoms with E-state index in [4.69, 9.17) is 10.00 Å². The van der Waals surface area contributed by atoms with Gasteiger partial charge in [0.2, 0.25) is 5.91 Å². The maximum atomic E-state index is 12.6. The van der Waals surface area contributed by atoms with Gasteiger partial charge in [-0.05, 0) is 56.3 Å². The second-order valence-corrected chi connectivity index (χ2v) is 7.53. The van der Waals surface area contributed by atoms with Gasteiger partial charge in [-0.25, -0.2) is 0 Å². The zero-order valence-corrected chi connectivity index (χ0v) is 17.2. The Morgan fingerprint density at radius 3 is 2.69 bits per heavy atom. The summed E-state index contributed by atoms with van der Waals surface area (Å²) in [6.07, 6.45) is 0. The van der Waals surface area contributed by atoms with Crippen LogP contribution in [0.4, 0.5) is 5.69 Å². The highest BCUT2D eigenvalue weighted by molar-refractivity contribution is 8.00. The Balaban J connectivity index is 1.74. The largest absolute Gasteiger partial charge is 0.497 e. The molecule has 1 atom stereocenters. The van der Waals surface area contributed by atoms with E-state index < -0.39 is 0 Å². The van der Waals surface area contributed by atoms with E-state index in [9.17, 15) is 4.79 Å². The molecule has 0 saturated carbocycles. The number of benzene rings is 2. The number of ether oxygens (including phenoxy) is 1. The summed E-state index contributed by atoms with van der Waals surface area (Å²) in [5.41, 5.74) is 2.02. The van der Waals surface area contributed by atoms with Gasteiger partial charge < -0.3 is 14.6 Å². The van der Waals surface area contributed by atoms with Crippen molar-refractivity contribution >= 4 is 23.4 Å². The molecule has 29 heavy (non-hydrogen) atoms. The van der Waals surface area contributed by atoms with Gasteiger partial charge >= 0.3 is 0 Å². The first-order chi connectivity index (χ1) is 14.0. The first kappa shape index (κ1) is 20.4. The summed E-state index contributed by atoms with van der Waals surface area (Å²) >= 11 is 1.34. The lowest BCUT2D eigenvalue weighted by molar-refractivity contribution is -0.115. The summed E-state index contributed by atoms with van der Waals surface area (Å²) in [5, 5.41) is 20.7. The van der Waals surface area contributed by atoms with Gasteiger partial charge in [-0.1, -0.05) is 17.8 Å². The van der Waals surface area contributed by atoms with E-state index >= 15 is 0 Å². The maximum absolute atomic E-state index is 12.6. The van der Waals surface area contributed by atoms with Crippen molar-refractivity contribution in [1.82, 2.24) is 14.8 Å². The minimum atomic E-state index is -0.390. The molecule has 0 saturated heterocycles. The van der Waals surface area contributed by atoms with Crippen molar-refractivity contribution in [3.8, 4) is 23.2 Å². The van der Waals surface area contributed by atoms with E-state index in [1.54, 1.807) is 31.4 Å². The van der Waals surface area contributed by atoms with Gasteiger partial charge in [-0.3, -0.25) is 4.79 Å². The number of methoxy groups -OCH3 is 1. The van der Waals surface area contributed by atoms with Crippen molar-refractivity contribution in [2.75, 3.05) is 12.4 Å². The van der Waals surface area contributed by atoms with Gasteiger partial charge in [0.05, 0.1) is 24.0 Å². The Labute approximate surface area is 173 Å². The van der Waals surface area contributed by atoms with E-state index in [1.807, 2.05) is 42.7 Å². The highest BCUT2D eigenvalue weighted by Crippen LogP contribution is 2.28. The van der Waals surface area contributed by atoms with Gasteiger partial charge in [0.1, 0.15) is 5.75 Å². The molecule has 1 unspecified atom stereocenters. The molecule has 1 aromatic heterocycles. The molecule has 0 fully saturated rings. The third kappa shape index (κ3) is 4.76. The van der Waals surface area contributed by atoms with Crippen LogP contribution in [-0.4, -0.2) is 33.0 Å².